The van der Waals surface area contributed by atoms with Gasteiger partial charge in [0.1, 0.15) is 5.82 Å². The number of amides is 2. The van der Waals surface area contributed by atoms with Crippen molar-refractivity contribution < 1.29 is 38.0 Å². The molecule has 41 heavy (non-hydrogen) atoms. The van der Waals surface area contributed by atoms with Crippen molar-refractivity contribution >= 4 is 23.9 Å². The van der Waals surface area contributed by atoms with Gasteiger partial charge in [-0.05, 0) is 67.9 Å². The molecule has 1 spiro atoms. The van der Waals surface area contributed by atoms with E-state index in [0.29, 0.717) is 23.5 Å². The van der Waals surface area contributed by atoms with E-state index in [1.807, 2.05) is 13.8 Å². The average molecular weight is 568 g/mol. The Morgan fingerprint density at radius 2 is 1.83 bits per heavy atom. The number of hydrogen-bond donors (Lipinski definition) is 2. The molecule has 7 rings (SSSR count). The van der Waals surface area contributed by atoms with Gasteiger partial charge in [-0.15, -0.1) is 0 Å². The van der Waals surface area contributed by atoms with Gasteiger partial charge in [-0.25, -0.2) is 29.2 Å². The number of para-hydroxylation sites is 1. The molecule has 2 aromatic rings. The topological polar surface area (TPSA) is 117 Å². The number of carbonyl (C=O) groups excluding carboxylic acids is 2. The molecule has 218 valence electrons. The fraction of sp³-hybridized carbons (Fsp3) is 0.500. The van der Waals surface area contributed by atoms with E-state index in [9.17, 15) is 14.0 Å². The second kappa shape index (κ2) is 10.8. The first-order valence-electron chi connectivity index (χ1n) is 14.0. The van der Waals surface area contributed by atoms with Crippen LogP contribution in [0.25, 0.3) is 0 Å². The monoisotopic (exact) mass is 567 g/mol. The molecule has 8 atom stereocenters. The number of fused-ring (bicyclic) bond motifs is 2. The van der Waals surface area contributed by atoms with Gasteiger partial charge in [0.05, 0.1) is 17.5 Å². The first-order valence-corrected chi connectivity index (χ1v) is 14.0. The average Bonchev–Trinajstić information content (AvgIpc) is 3.19. The van der Waals surface area contributed by atoms with Crippen molar-refractivity contribution in [2.24, 2.45) is 28.8 Å². The van der Waals surface area contributed by atoms with Gasteiger partial charge in [-0.1, -0.05) is 38.1 Å². The van der Waals surface area contributed by atoms with E-state index in [4.69, 9.17) is 24.0 Å². The minimum atomic E-state index is -0.905. The Balaban J connectivity index is 1.09. The van der Waals surface area contributed by atoms with Crippen LogP contribution in [-0.2, 0) is 24.0 Å². The number of nitrogens with one attached hydrogen (secondary N) is 2. The van der Waals surface area contributed by atoms with Gasteiger partial charge in [0.25, 0.3) is 0 Å². The summed E-state index contributed by atoms with van der Waals surface area (Å²) in [6.45, 7) is 6.13. The van der Waals surface area contributed by atoms with Crippen LogP contribution < -0.4 is 10.7 Å². The fourth-order valence-electron chi connectivity index (χ4n) is 6.76. The summed E-state index contributed by atoms with van der Waals surface area (Å²) in [6, 6.07) is 11.7. The molecular weight excluding hydrogens is 533 g/mol. The smallest absolute Gasteiger partial charge is 0.340 e. The van der Waals surface area contributed by atoms with Crippen LogP contribution >= 0.6 is 0 Å². The third-order valence-electron chi connectivity index (χ3n) is 8.97. The Kier molecular flexibility index (Phi) is 7.31. The zero-order valence-electron chi connectivity index (χ0n) is 23.2. The molecule has 4 heterocycles. The van der Waals surface area contributed by atoms with Gasteiger partial charge < -0.3 is 19.5 Å². The van der Waals surface area contributed by atoms with Crippen LogP contribution in [0.5, 0.6) is 0 Å². The number of hydrazone groups is 1. The Morgan fingerprint density at radius 1 is 1.05 bits per heavy atom. The summed E-state index contributed by atoms with van der Waals surface area (Å²) < 4.78 is 32.2. The van der Waals surface area contributed by atoms with Gasteiger partial charge >= 0.3 is 12.0 Å². The predicted octanol–water partition coefficient (Wildman–Crippen LogP) is 5.35. The molecule has 5 fully saturated rings. The SMILES string of the molecule is C[C@H]1[C@H](OC(=O)c2ccc(/C=N/NC(=O)Nc3ccccc3F)cc2)O[C@@H]2O[C@@]3(C)CC[C@H]4[C@H](C)CC[C@@H]1[C@@]24OO3. The minimum absolute atomic E-state index is 0.0422. The maximum atomic E-state index is 13.7. The van der Waals surface area contributed by atoms with Crippen molar-refractivity contribution in [2.45, 2.75) is 70.4 Å². The number of rotatable bonds is 5. The van der Waals surface area contributed by atoms with Crippen LogP contribution in [0.15, 0.2) is 53.6 Å². The van der Waals surface area contributed by atoms with E-state index in [1.165, 1.54) is 24.4 Å². The number of esters is 1. The van der Waals surface area contributed by atoms with Gasteiger partial charge in [0, 0.05) is 18.3 Å². The summed E-state index contributed by atoms with van der Waals surface area (Å²) in [5.41, 5.74) is 2.57. The minimum Gasteiger partial charge on any atom is -0.432 e. The molecule has 2 amide bonds. The Labute approximate surface area is 237 Å². The standard InChI is InChI=1S/C30H34FN3O7/c1-17-8-13-22-18(2)26(38-27-30(22)21(17)14-15-29(3,39-27)40-41-30)37-25(35)20-11-9-19(10-12-20)16-32-34-28(36)33-24-7-5-4-6-23(24)31/h4-7,9-12,16-18,21-22,26-27H,8,13-15H2,1-3H3,(H2,33,34,36)/b32-16+/t17-,18-,21+,22+,26-,27-,29-,30-/m1/s1. The van der Waals surface area contributed by atoms with Crippen LogP contribution in [0.3, 0.4) is 0 Å². The van der Waals surface area contributed by atoms with Crippen molar-refractivity contribution in [1.82, 2.24) is 5.43 Å². The summed E-state index contributed by atoms with van der Waals surface area (Å²) in [6.07, 6.45) is 3.49. The van der Waals surface area contributed by atoms with Crippen molar-refractivity contribution in [1.29, 1.82) is 0 Å². The first kappa shape index (κ1) is 27.8. The molecular formula is C30H34FN3O7. The number of carbonyl (C=O) groups is 2. The van der Waals surface area contributed by atoms with Crippen LogP contribution in [-0.4, -0.2) is 42.2 Å². The largest absolute Gasteiger partial charge is 0.432 e. The molecule has 4 saturated heterocycles. The molecule has 10 nitrogen and oxygen atoms in total. The van der Waals surface area contributed by atoms with Crippen molar-refractivity contribution in [3.8, 4) is 0 Å². The quantitative estimate of drug-likeness (QED) is 0.217. The lowest BCUT2D eigenvalue weighted by molar-refractivity contribution is -0.576. The normalized spacial score (nSPS) is 35.8. The molecule has 0 aromatic heterocycles. The van der Waals surface area contributed by atoms with Crippen molar-refractivity contribution in [3.63, 3.8) is 0 Å². The lowest BCUT2D eigenvalue weighted by atomic mass is 9.58. The highest BCUT2D eigenvalue weighted by molar-refractivity contribution is 5.92. The highest BCUT2D eigenvalue weighted by atomic mass is 19.1. The number of urea groups is 1. The molecule has 1 aliphatic carbocycles. The maximum Gasteiger partial charge on any atom is 0.340 e. The summed E-state index contributed by atoms with van der Waals surface area (Å²) >= 11 is 0. The highest BCUT2D eigenvalue weighted by Crippen LogP contribution is 2.60. The highest BCUT2D eigenvalue weighted by Gasteiger charge is 2.69. The molecule has 0 radical (unpaired) electrons. The number of anilines is 1. The molecule has 1 saturated carbocycles. The Bertz CT molecular complexity index is 1340. The zero-order valence-corrected chi connectivity index (χ0v) is 23.2. The Morgan fingerprint density at radius 3 is 2.61 bits per heavy atom. The lowest BCUT2D eigenvalue weighted by Crippen LogP contribution is -2.70. The molecule has 2 aromatic carbocycles. The number of ether oxygens (including phenoxy) is 3. The zero-order chi connectivity index (χ0) is 28.8. The van der Waals surface area contributed by atoms with Crippen molar-refractivity contribution in [2.75, 3.05) is 5.32 Å². The first-order chi connectivity index (χ1) is 19.7. The van der Waals surface area contributed by atoms with Gasteiger partial charge in [-0.2, -0.15) is 5.10 Å². The molecule has 4 aliphatic heterocycles. The molecule has 11 heteroatoms. The predicted molar refractivity (Wildman–Crippen MR) is 145 cm³/mol. The Hall–Kier alpha value is -3.38. The lowest BCUT2D eigenvalue weighted by Gasteiger charge is -2.59. The van der Waals surface area contributed by atoms with E-state index in [0.717, 1.165) is 19.3 Å². The van der Waals surface area contributed by atoms with E-state index in [-0.39, 0.29) is 23.4 Å². The maximum absolute atomic E-state index is 13.7. The number of halogens is 1. The van der Waals surface area contributed by atoms with Crippen LogP contribution in [0.4, 0.5) is 14.9 Å². The molecule has 2 N–H and O–H groups in total. The van der Waals surface area contributed by atoms with Crippen LogP contribution in [0.1, 0.15) is 62.4 Å². The van der Waals surface area contributed by atoms with Gasteiger partial charge in [0.2, 0.25) is 12.1 Å². The van der Waals surface area contributed by atoms with E-state index < -0.39 is 41.8 Å². The number of benzene rings is 2. The van der Waals surface area contributed by atoms with Crippen LogP contribution in [0, 0.1) is 29.5 Å². The van der Waals surface area contributed by atoms with E-state index in [2.05, 4.69) is 22.8 Å². The molecule has 5 aliphatic rings. The summed E-state index contributed by atoms with van der Waals surface area (Å²) in [5.74, 6) is -1.40. The molecule has 0 unspecified atom stereocenters. The fourth-order valence-corrected chi connectivity index (χ4v) is 6.76. The second-order valence-corrected chi connectivity index (χ2v) is 11.6. The summed E-state index contributed by atoms with van der Waals surface area (Å²) in [4.78, 5) is 37.1. The summed E-state index contributed by atoms with van der Waals surface area (Å²) in [7, 11) is 0. The van der Waals surface area contributed by atoms with Gasteiger partial charge in [0.15, 0.2) is 11.9 Å². The third kappa shape index (κ3) is 5.12. The molecule has 2 bridgehead atoms. The van der Waals surface area contributed by atoms with E-state index in [1.54, 1.807) is 30.3 Å². The van der Waals surface area contributed by atoms with E-state index >= 15 is 0 Å². The van der Waals surface area contributed by atoms with Crippen LogP contribution in [0.2, 0.25) is 0 Å². The second-order valence-electron chi connectivity index (χ2n) is 11.6. The van der Waals surface area contributed by atoms with Crippen molar-refractivity contribution in [3.05, 3.63) is 65.5 Å². The number of hydrogen-bond acceptors (Lipinski definition) is 8. The van der Waals surface area contributed by atoms with Gasteiger partial charge in [-0.3, -0.25) is 0 Å². The number of nitrogens with zero attached hydrogens (tertiary/aromatic N) is 1. The summed E-state index contributed by atoms with van der Waals surface area (Å²) in [5, 5.41) is 6.24. The third-order valence-corrected chi connectivity index (χ3v) is 8.97.